The smallest absolute Gasteiger partial charge is 0.358 e. The standard InChI is InChI=1S/C12H11F3N2O2/c13-12(14,15)7-3-4-8-9(6-7)17(11(18)16-8)10-2-1-5-19-10/h3-4,6,10H,1-2,5H2,(H,16,18). The second-order valence-corrected chi connectivity index (χ2v) is 4.50. The van der Waals surface area contributed by atoms with E-state index in [1.165, 1.54) is 10.6 Å². The second kappa shape index (κ2) is 4.12. The van der Waals surface area contributed by atoms with E-state index in [9.17, 15) is 18.0 Å². The molecule has 1 aliphatic heterocycles. The molecule has 102 valence electrons. The Morgan fingerprint density at radius 3 is 2.79 bits per heavy atom. The third-order valence-corrected chi connectivity index (χ3v) is 3.24. The lowest BCUT2D eigenvalue weighted by Gasteiger charge is -2.12. The van der Waals surface area contributed by atoms with E-state index in [0.717, 1.165) is 18.6 Å². The SMILES string of the molecule is O=c1[nH]c2ccc(C(F)(F)F)cc2n1C1CCCO1. The lowest BCUT2D eigenvalue weighted by molar-refractivity contribution is -0.137. The number of nitrogens with zero attached hydrogens (tertiary/aromatic N) is 1. The zero-order valence-electron chi connectivity index (χ0n) is 9.83. The first-order chi connectivity index (χ1) is 8.97. The Kier molecular flexibility index (Phi) is 2.67. The molecule has 1 N–H and O–H groups in total. The van der Waals surface area contributed by atoms with E-state index >= 15 is 0 Å². The lowest BCUT2D eigenvalue weighted by atomic mass is 10.2. The molecule has 0 radical (unpaired) electrons. The molecule has 1 saturated heterocycles. The van der Waals surface area contributed by atoms with Gasteiger partial charge in [0.1, 0.15) is 6.23 Å². The molecular weight excluding hydrogens is 261 g/mol. The van der Waals surface area contributed by atoms with Crippen LogP contribution in [-0.4, -0.2) is 16.2 Å². The van der Waals surface area contributed by atoms with E-state index in [1.807, 2.05) is 0 Å². The number of aromatic nitrogens is 2. The molecule has 0 amide bonds. The van der Waals surface area contributed by atoms with Crippen LogP contribution in [0.25, 0.3) is 11.0 Å². The minimum absolute atomic E-state index is 0.228. The predicted octanol–water partition coefficient (Wildman–Crippen LogP) is 2.66. The fourth-order valence-corrected chi connectivity index (χ4v) is 2.35. The van der Waals surface area contributed by atoms with Crippen LogP contribution >= 0.6 is 0 Å². The number of nitrogens with one attached hydrogen (secondary N) is 1. The number of fused-ring (bicyclic) bond motifs is 1. The van der Waals surface area contributed by atoms with E-state index in [4.69, 9.17) is 4.74 Å². The molecule has 2 heterocycles. The van der Waals surface area contributed by atoms with Gasteiger partial charge in [0.15, 0.2) is 0 Å². The van der Waals surface area contributed by atoms with Crippen molar-refractivity contribution in [3.8, 4) is 0 Å². The van der Waals surface area contributed by atoms with Gasteiger partial charge in [-0.3, -0.25) is 4.57 Å². The Morgan fingerprint density at radius 1 is 1.37 bits per heavy atom. The van der Waals surface area contributed by atoms with Gasteiger partial charge in [-0.2, -0.15) is 13.2 Å². The summed E-state index contributed by atoms with van der Waals surface area (Å²) in [5.74, 6) is 0. The monoisotopic (exact) mass is 272 g/mol. The lowest BCUT2D eigenvalue weighted by Crippen LogP contribution is -2.21. The van der Waals surface area contributed by atoms with Gasteiger partial charge in [-0.1, -0.05) is 0 Å². The van der Waals surface area contributed by atoms with Gasteiger partial charge < -0.3 is 9.72 Å². The molecule has 1 unspecified atom stereocenters. The highest BCUT2D eigenvalue weighted by molar-refractivity contribution is 5.76. The van der Waals surface area contributed by atoms with Crippen LogP contribution in [0.4, 0.5) is 13.2 Å². The molecule has 7 heteroatoms. The quantitative estimate of drug-likeness (QED) is 0.867. The maximum Gasteiger partial charge on any atom is 0.416 e. The minimum atomic E-state index is -4.43. The first kappa shape index (κ1) is 12.3. The van der Waals surface area contributed by atoms with Crippen LogP contribution < -0.4 is 5.69 Å². The summed E-state index contributed by atoms with van der Waals surface area (Å²) in [5, 5.41) is 0. The fraction of sp³-hybridized carbons (Fsp3) is 0.417. The van der Waals surface area contributed by atoms with E-state index in [0.29, 0.717) is 18.5 Å². The van der Waals surface area contributed by atoms with Crippen molar-refractivity contribution >= 4 is 11.0 Å². The van der Waals surface area contributed by atoms with Gasteiger partial charge >= 0.3 is 11.9 Å². The summed E-state index contributed by atoms with van der Waals surface area (Å²) < 4.78 is 44.7. The number of hydrogen-bond acceptors (Lipinski definition) is 2. The van der Waals surface area contributed by atoms with Crippen molar-refractivity contribution in [2.75, 3.05) is 6.61 Å². The highest BCUT2D eigenvalue weighted by Gasteiger charge is 2.31. The number of imidazole rings is 1. The zero-order chi connectivity index (χ0) is 13.6. The summed E-state index contributed by atoms with van der Waals surface area (Å²) in [6.45, 7) is 0.517. The molecule has 0 aliphatic carbocycles. The summed E-state index contributed by atoms with van der Waals surface area (Å²) in [4.78, 5) is 14.4. The number of aromatic amines is 1. The Balaban J connectivity index is 2.20. The first-order valence-electron chi connectivity index (χ1n) is 5.90. The van der Waals surface area contributed by atoms with Crippen molar-refractivity contribution < 1.29 is 17.9 Å². The fourth-order valence-electron chi connectivity index (χ4n) is 2.35. The molecule has 2 aromatic rings. The summed E-state index contributed by atoms with van der Waals surface area (Å²) in [6, 6.07) is 3.21. The molecule has 1 aromatic carbocycles. The van der Waals surface area contributed by atoms with Gasteiger partial charge in [-0.15, -0.1) is 0 Å². The molecule has 4 nitrogen and oxygen atoms in total. The summed E-state index contributed by atoms with van der Waals surface area (Å²) in [6.07, 6.45) is -3.49. The van der Waals surface area contributed by atoms with Crippen molar-refractivity contribution in [2.24, 2.45) is 0 Å². The molecule has 0 saturated carbocycles. The van der Waals surface area contributed by atoms with Gasteiger partial charge in [0.2, 0.25) is 0 Å². The zero-order valence-corrected chi connectivity index (χ0v) is 9.83. The molecular formula is C12H11F3N2O2. The highest BCUT2D eigenvalue weighted by Crippen LogP contribution is 2.32. The number of ether oxygens (including phenoxy) is 1. The second-order valence-electron chi connectivity index (χ2n) is 4.50. The van der Waals surface area contributed by atoms with E-state index in [2.05, 4.69) is 4.98 Å². The van der Waals surface area contributed by atoms with E-state index in [1.54, 1.807) is 0 Å². The maximum atomic E-state index is 12.7. The first-order valence-corrected chi connectivity index (χ1v) is 5.90. The van der Waals surface area contributed by atoms with E-state index in [-0.39, 0.29) is 5.52 Å². The van der Waals surface area contributed by atoms with Crippen LogP contribution in [0.5, 0.6) is 0 Å². The maximum absolute atomic E-state index is 12.7. The Morgan fingerprint density at radius 2 is 2.16 bits per heavy atom. The molecule has 1 fully saturated rings. The van der Waals surface area contributed by atoms with E-state index < -0.39 is 23.7 Å². The van der Waals surface area contributed by atoms with Crippen molar-refractivity contribution in [2.45, 2.75) is 25.2 Å². The molecule has 0 bridgehead atoms. The van der Waals surface area contributed by atoms with Crippen LogP contribution in [0.15, 0.2) is 23.0 Å². The number of rotatable bonds is 1. The highest BCUT2D eigenvalue weighted by atomic mass is 19.4. The largest absolute Gasteiger partial charge is 0.416 e. The number of hydrogen-bond donors (Lipinski definition) is 1. The van der Waals surface area contributed by atoms with Crippen molar-refractivity contribution in [3.63, 3.8) is 0 Å². The Labute approximate surface area is 105 Å². The molecule has 1 aliphatic rings. The average Bonchev–Trinajstić information content (AvgIpc) is 2.92. The third-order valence-electron chi connectivity index (χ3n) is 3.24. The van der Waals surface area contributed by atoms with Crippen molar-refractivity contribution in [3.05, 3.63) is 34.2 Å². The van der Waals surface area contributed by atoms with Gasteiger partial charge in [-0.25, -0.2) is 4.79 Å². The van der Waals surface area contributed by atoms with Gasteiger partial charge in [0.05, 0.1) is 16.6 Å². The van der Waals surface area contributed by atoms with Crippen LogP contribution in [0.1, 0.15) is 24.6 Å². The number of benzene rings is 1. The van der Waals surface area contributed by atoms with Crippen LogP contribution in [0, 0.1) is 0 Å². The molecule has 1 aromatic heterocycles. The summed E-state index contributed by atoms with van der Waals surface area (Å²) >= 11 is 0. The number of halogens is 3. The summed E-state index contributed by atoms with van der Waals surface area (Å²) in [7, 11) is 0. The van der Waals surface area contributed by atoms with Crippen LogP contribution in [0.3, 0.4) is 0 Å². The topological polar surface area (TPSA) is 47.0 Å². The van der Waals surface area contributed by atoms with Crippen molar-refractivity contribution in [1.82, 2.24) is 9.55 Å². The Bertz CT molecular complexity index is 666. The van der Waals surface area contributed by atoms with Gasteiger partial charge in [-0.05, 0) is 31.0 Å². The van der Waals surface area contributed by atoms with Crippen LogP contribution in [-0.2, 0) is 10.9 Å². The molecule has 3 rings (SSSR count). The molecule has 19 heavy (non-hydrogen) atoms. The molecule has 0 spiro atoms. The number of H-pyrrole nitrogens is 1. The van der Waals surface area contributed by atoms with Crippen LogP contribution in [0.2, 0.25) is 0 Å². The third kappa shape index (κ3) is 2.03. The Hall–Kier alpha value is -1.76. The van der Waals surface area contributed by atoms with Crippen molar-refractivity contribution in [1.29, 1.82) is 0 Å². The molecule has 1 atom stereocenters. The van der Waals surface area contributed by atoms with Gasteiger partial charge in [0, 0.05) is 6.61 Å². The average molecular weight is 272 g/mol. The van der Waals surface area contributed by atoms with Gasteiger partial charge in [0.25, 0.3) is 0 Å². The normalized spacial score (nSPS) is 20.3. The number of alkyl halides is 3. The summed E-state index contributed by atoms with van der Waals surface area (Å²) in [5.41, 5.74) is -0.604. The predicted molar refractivity (Wildman–Crippen MR) is 61.8 cm³/mol. The minimum Gasteiger partial charge on any atom is -0.358 e.